The van der Waals surface area contributed by atoms with Crippen molar-refractivity contribution in [1.82, 2.24) is 4.98 Å². The lowest BCUT2D eigenvalue weighted by atomic mass is 9.82. The molecule has 5 aromatic rings. The molecule has 43 heavy (non-hydrogen) atoms. The Hall–Kier alpha value is -4.43. The van der Waals surface area contributed by atoms with Gasteiger partial charge >= 0.3 is 6.18 Å². The fourth-order valence-corrected chi connectivity index (χ4v) is 5.62. The summed E-state index contributed by atoms with van der Waals surface area (Å²) in [5.41, 5.74) is 4.12. The van der Waals surface area contributed by atoms with Gasteiger partial charge in [0.15, 0.2) is 0 Å². The lowest BCUT2D eigenvalue weighted by Crippen LogP contribution is -2.12. The Morgan fingerprint density at radius 3 is 1.98 bits per heavy atom. The third-order valence-corrected chi connectivity index (χ3v) is 7.63. The number of halogens is 3. The van der Waals surface area contributed by atoms with Gasteiger partial charge in [-0.3, -0.25) is 4.98 Å². The molecule has 0 aliphatic heterocycles. The van der Waals surface area contributed by atoms with Crippen molar-refractivity contribution in [1.29, 1.82) is 5.26 Å². The Labute approximate surface area is 251 Å². The lowest BCUT2D eigenvalue weighted by Gasteiger charge is -2.23. The number of pyridine rings is 1. The van der Waals surface area contributed by atoms with E-state index in [4.69, 9.17) is 0 Å². The molecule has 0 saturated heterocycles. The van der Waals surface area contributed by atoms with Crippen molar-refractivity contribution < 1.29 is 13.2 Å². The highest BCUT2D eigenvalue weighted by molar-refractivity contribution is 5.91. The number of hydrogen-bond acceptors (Lipinski definition) is 2. The van der Waals surface area contributed by atoms with Crippen LogP contribution in [-0.4, -0.2) is 4.98 Å². The van der Waals surface area contributed by atoms with Gasteiger partial charge in [0, 0.05) is 17.3 Å². The highest BCUT2D eigenvalue weighted by atomic mass is 19.4. The van der Waals surface area contributed by atoms with Gasteiger partial charge in [-0.2, -0.15) is 18.4 Å². The van der Waals surface area contributed by atoms with Crippen molar-refractivity contribution >= 4 is 10.8 Å². The van der Waals surface area contributed by atoms with Crippen LogP contribution in [0.1, 0.15) is 63.8 Å². The topological polar surface area (TPSA) is 36.7 Å². The first-order chi connectivity index (χ1) is 20.1. The van der Waals surface area contributed by atoms with Crippen LogP contribution in [0, 0.1) is 16.7 Å². The Morgan fingerprint density at radius 2 is 1.35 bits per heavy atom. The van der Waals surface area contributed by atoms with Crippen molar-refractivity contribution in [3.8, 4) is 39.6 Å². The monoisotopic (exact) mass is 576 g/mol. The van der Waals surface area contributed by atoms with Crippen molar-refractivity contribution in [2.75, 3.05) is 0 Å². The predicted molar refractivity (Wildman–Crippen MR) is 170 cm³/mol. The van der Waals surface area contributed by atoms with Crippen LogP contribution in [0.25, 0.3) is 44.3 Å². The van der Waals surface area contributed by atoms with Gasteiger partial charge in [0.1, 0.15) is 6.07 Å². The zero-order valence-electron chi connectivity index (χ0n) is 25.4. The van der Waals surface area contributed by atoms with Crippen LogP contribution in [-0.2, 0) is 18.0 Å². The van der Waals surface area contributed by atoms with E-state index in [9.17, 15) is 18.4 Å². The minimum Gasteiger partial charge on any atom is -0.255 e. The Bertz CT molecular complexity index is 1850. The second-order valence-electron chi connectivity index (χ2n) is 13.4. The molecule has 0 amide bonds. The van der Waals surface area contributed by atoms with Gasteiger partial charge in [0.2, 0.25) is 0 Å². The van der Waals surface area contributed by atoms with Crippen LogP contribution in [0.5, 0.6) is 0 Å². The number of nitriles is 1. The Kier molecular flexibility index (Phi) is 7.69. The van der Waals surface area contributed by atoms with E-state index in [2.05, 4.69) is 64.7 Å². The number of hydrogen-bond donors (Lipinski definition) is 0. The van der Waals surface area contributed by atoms with Crippen molar-refractivity contribution in [3.05, 3.63) is 113 Å². The first-order valence-corrected chi connectivity index (χ1v) is 14.4. The van der Waals surface area contributed by atoms with Crippen LogP contribution in [0.15, 0.2) is 91.1 Å². The molecule has 0 fully saturated rings. The number of benzene rings is 4. The van der Waals surface area contributed by atoms with Crippen LogP contribution in [0.2, 0.25) is 0 Å². The first kappa shape index (κ1) is 30.0. The molecule has 218 valence electrons. The van der Waals surface area contributed by atoms with Crippen molar-refractivity contribution in [2.45, 2.75) is 59.6 Å². The van der Waals surface area contributed by atoms with E-state index in [-0.39, 0.29) is 27.5 Å². The van der Waals surface area contributed by atoms with Crippen LogP contribution >= 0.6 is 0 Å². The van der Waals surface area contributed by atoms with E-state index in [1.165, 1.54) is 18.3 Å². The quantitative estimate of drug-likeness (QED) is 0.213. The molecule has 0 N–H and O–H groups in total. The molecule has 1 aromatic heterocycles. The third kappa shape index (κ3) is 6.49. The molecule has 5 rings (SSSR count). The van der Waals surface area contributed by atoms with E-state index >= 15 is 0 Å². The summed E-state index contributed by atoms with van der Waals surface area (Å²) < 4.78 is 43.8. The lowest BCUT2D eigenvalue weighted by molar-refractivity contribution is -0.137. The van der Waals surface area contributed by atoms with Gasteiger partial charge in [0.25, 0.3) is 0 Å². The molecule has 0 spiro atoms. The number of aromatic nitrogens is 1. The average Bonchev–Trinajstić information content (AvgIpc) is 2.94. The summed E-state index contributed by atoms with van der Waals surface area (Å²) >= 11 is 0. The standard InChI is InChI=1S/C38H35F3N2/c1-36(2,3)21-24-11-13-25(14-12-24)26-15-16-31(34(18-26)38(39,40)41)32-20-35(43-23-29(32)22-42)28-17-27-9-7-8-10-30(27)33(19-28)37(4,5)6/h7-20,23H,21H2,1-6H3. The highest BCUT2D eigenvalue weighted by Crippen LogP contribution is 2.42. The van der Waals surface area contributed by atoms with Crippen LogP contribution in [0.3, 0.4) is 0 Å². The minimum absolute atomic E-state index is 0.0439. The third-order valence-electron chi connectivity index (χ3n) is 7.63. The maximum absolute atomic E-state index is 14.6. The van der Waals surface area contributed by atoms with E-state index in [1.54, 1.807) is 12.1 Å². The summed E-state index contributed by atoms with van der Waals surface area (Å²) in [6, 6.07) is 27.8. The molecule has 2 nitrogen and oxygen atoms in total. The molecule has 0 unspecified atom stereocenters. The molecule has 0 bridgehead atoms. The second kappa shape index (κ2) is 11.0. The van der Waals surface area contributed by atoms with E-state index in [0.29, 0.717) is 16.8 Å². The van der Waals surface area contributed by atoms with Gasteiger partial charge in [0.05, 0.1) is 16.8 Å². The molecule has 4 aromatic carbocycles. The predicted octanol–water partition coefficient (Wildman–Crippen LogP) is 11.0. The fraction of sp³-hybridized carbons (Fsp3) is 0.263. The summed E-state index contributed by atoms with van der Waals surface area (Å²) in [6.45, 7) is 12.8. The number of rotatable bonds is 4. The summed E-state index contributed by atoms with van der Waals surface area (Å²) in [5.74, 6) is 0. The van der Waals surface area contributed by atoms with E-state index < -0.39 is 11.7 Å². The summed E-state index contributed by atoms with van der Waals surface area (Å²) in [6.07, 6.45) is -2.38. The zero-order chi connectivity index (χ0) is 31.2. The normalized spacial score (nSPS) is 12.4. The van der Waals surface area contributed by atoms with Crippen molar-refractivity contribution in [3.63, 3.8) is 0 Å². The molecular formula is C38H35F3N2. The first-order valence-electron chi connectivity index (χ1n) is 14.4. The molecule has 5 heteroatoms. The van der Waals surface area contributed by atoms with E-state index in [0.717, 1.165) is 33.9 Å². The van der Waals surface area contributed by atoms with Gasteiger partial charge in [-0.25, -0.2) is 0 Å². The maximum Gasteiger partial charge on any atom is 0.417 e. The Balaban J connectivity index is 1.64. The van der Waals surface area contributed by atoms with Crippen LogP contribution in [0.4, 0.5) is 13.2 Å². The summed E-state index contributed by atoms with van der Waals surface area (Å²) in [7, 11) is 0. The molecule has 0 saturated carbocycles. The maximum atomic E-state index is 14.6. The number of fused-ring (bicyclic) bond motifs is 1. The van der Waals surface area contributed by atoms with Gasteiger partial charge < -0.3 is 0 Å². The Morgan fingerprint density at radius 1 is 0.698 bits per heavy atom. The molecule has 0 radical (unpaired) electrons. The summed E-state index contributed by atoms with van der Waals surface area (Å²) in [5, 5.41) is 12.0. The molecule has 0 aliphatic carbocycles. The number of nitrogens with zero attached hydrogens (tertiary/aromatic N) is 2. The molecule has 0 atom stereocenters. The second-order valence-corrected chi connectivity index (χ2v) is 13.4. The van der Waals surface area contributed by atoms with Gasteiger partial charge in [-0.15, -0.1) is 0 Å². The smallest absolute Gasteiger partial charge is 0.255 e. The number of alkyl halides is 3. The van der Waals surface area contributed by atoms with Gasteiger partial charge in [-0.05, 0) is 80.1 Å². The average molecular weight is 577 g/mol. The zero-order valence-corrected chi connectivity index (χ0v) is 25.4. The van der Waals surface area contributed by atoms with Gasteiger partial charge in [-0.1, -0.05) is 102 Å². The molecule has 0 aliphatic rings. The highest BCUT2D eigenvalue weighted by Gasteiger charge is 2.35. The minimum atomic E-state index is -4.63. The fourth-order valence-electron chi connectivity index (χ4n) is 5.62. The largest absolute Gasteiger partial charge is 0.417 e. The summed E-state index contributed by atoms with van der Waals surface area (Å²) in [4.78, 5) is 4.52. The SMILES string of the molecule is CC(C)(C)Cc1ccc(-c2ccc(-c3cc(-c4cc(C(C)(C)C)c5ccccc5c4)ncc3C#N)c(C(F)(F)F)c2)cc1. The molecular weight excluding hydrogens is 541 g/mol. The molecule has 1 heterocycles. The van der Waals surface area contributed by atoms with Crippen LogP contribution < -0.4 is 0 Å². The van der Waals surface area contributed by atoms with Crippen molar-refractivity contribution in [2.24, 2.45) is 5.41 Å². The van der Waals surface area contributed by atoms with E-state index in [1.807, 2.05) is 48.5 Å².